The lowest BCUT2D eigenvalue weighted by molar-refractivity contribution is -0.384. The van der Waals surface area contributed by atoms with E-state index in [1.807, 2.05) is 0 Å². The summed E-state index contributed by atoms with van der Waals surface area (Å²) in [6.45, 7) is 1.15. The molecule has 0 aliphatic heterocycles. The zero-order valence-corrected chi connectivity index (χ0v) is 13.1. The number of amides is 3. The molecular weight excluding hydrogens is 328 g/mol. The average molecular weight is 342 g/mol. The molecule has 0 spiro atoms. The molecule has 2 aromatic rings. The highest BCUT2D eigenvalue weighted by molar-refractivity contribution is 6.48. The molecule has 0 bridgehead atoms. The molecule has 25 heavy (non-hydrogen) atoms. The number of nitrogens with two attached hydrogens (primary N) is 1. The molecule has 2 aromatic carbocycles. The van der Waals surface area contributed by atoms with Crippen molar-refractivity contribution in [2.24, 2.45) is 0 Å². The van der Waals surface area contributed by atoms with Crippen molar-refractivity contribution in [2.75, 3.05) is 16.0 Å². The molecule has 0 unspecified atom stereocenters. The molecule has 0 aliphatic rings. The summed E-state index contributed by atoms with van der Waals surface area (Å²) in [6.07, 6.45) is 0. The van der Waals surface area contributed by atoms with Crippen molar-refractivity contribution in [1.82, 2.24) is 0 Å². The second-order valence-corrected chi connectivity index (χ2v) is 5.01. The molecule has 0 heterocycles. The number of carbonyl (C=O) groups excluding carboxylic acids is 3. The number of nitrogens with zero attached hydrogens (tertiary/aromatic N) is 2. The first-order valence-electron chi connectivity index (χ1n) is 7.05. The molecule has 0 saturated heterocycles. The molecule has 9 heteroatoms. The topological polar surface area (TPSA) is 136 Å². The van der Waals surface area contributed by atoms with E-state index < -0.39 is 22.6 Å². The van der Waals surface area contributed by atoms with Crippen molar-refractivity contribution in [1.29, 1.82) is 0 Å². The van der Waals surface area contributed by atoms with Crippen molar-refractivity contribution >= 4 is 40.5 Å². The second-order valence-electron chi connectivity index (χ2n) is 5.01. The Bertz CT molecular complexity index is 831. The van der Waals surface area contributed by atoms with Gasteiger partial charge in [0, 0.05) is 30.4 Å². The Morgan fingerprint density at radius 3 is 2.08 bits per heavy atom. The number of benzene rings is 2. The van der Waals surface area contributed by atoms with E-state index in [4.69, 9.17) is 5.73 Å². The van der Waals surface area contributed by atoms with Gasteiger partial charge in [0.05, 0.1) is 10.6 Å². The van der Waals surface area contributed by atoms with E-state index in [9.17, 15) is 24.5 Å². The Kier molecular flexibility index (Phi) is 5.08. The van der Waals surface area contributed by atoms with Crippen molar-refractivity contribution < 1.29 is 19.3 Å². The third kappa shape index (κ3) is 4.16. The minimum absolute atomic E-state index is 0.156. The number of carbonyl (C=O) groups is 3. The first-order valence-corrected chi connectivity index (χ1v) is 7.05. The summed E-state index contributed by atoms with van der Waals surface area (Å²) in [5, 5.41) is 12.9. The van der Waals surface area contributed by atoms with E-state index >= 15 is 0 Å². The Hall–Kier alpha value is -3.75. The lowest BCUT2D eigenvalue weighted by atomic mass is 10.2. The molecule has 0 aliphatic carbocycles. The predicted octanol–water partition coefficient (Wildman–Crippen LogP) is 1.70. The van der Waals surface area contributed by atoms with Gasteiger partial charge < -0.3 is 11.1 Å². The number of nitro groups is 1. The number of hydrogen-bond acceptors (Lipinski definition) is 6. The molecule has 0 atom stereocenters. The quantitative estimate of drug-likeness (QED) is 0.377. The number of hydrogen-bond donors (Lipinski definition) is 2. The van der Waals surface area contributed by atoms with E-state index in [1.54, 1.807) is 0 Å². The Morgan fingerprint density at radius 2 is 1.60 bits per heavy atom. The molecule has 9 nitrogen and oxygen atoms in total. The van der Waals surface area contributed by atoms with Gasteiger partial charge in [0.1, 0.15) is 0 Å². The van der Waals surface area contributed by atoms with Crippen LogP contribution in [0.1, 0.15) is 6.92 Å². The first-order chi connectivity index (χ1) is 11.8. The van der Waals surface area contributed by atoms with Crippen LogP contribution in [0.4, 0.5) is 22.7 Å². The monoisotopic (exact) mass is 342 g/mol. The zero-order valence-electron chi connectivity index (χ0n) is 13.1. The van der Waals surface area contributed by atoms with Crippen LogP contribution in [0.15, 0.2) is 48.5 Å². The summed E-state index contributed by atoms with van der Waals surface area (Å²) < 4.78 is 0. The Balaban J connectivity index is 2.18. The van der Waals surface area contributed by atoms with Gasteiger partial charge in [-0.2, -0.15) is 0 Å². The number of imide groups is 1. The van der Waals surface area contributed by atoms with Gasteiger partial charge in [0.2, 0.25) is 5.91 Å². The van der Waals surface area contributed by atoms with Crippen molar-refractivity contribution in [3.63, 3.8) is 0 Å². The summed E-state index contributed by atoms with van der Waals surface area (Å²) in [6, 6.07) is 10.8. The van der Waals surface area contributed by atoms with Gasteiger partial charge in [-0.05, 0) is 36.4 Å². The molecule has 0 fully saturated rings. The van der Waals surface area contributed by atoms with Gasteiger partial charge in [0.15, 0.2) is 0 Å². The van der Waals surface area contributed by atoms with Crippen molar-refractivity contribution in [2.45, 2.75) is 6.92 Å². The van der Waals surface area contributed by atoms with E-state index in [-0.39, 0.29) is 17.1 Å². The summed E-state index contributed by atoms with van der Waals surface area (Å²) >= 11 is 0. The van der Waals surface area contributed by atoms with Crippen LogP contribution in [-0.4, -0.2) is 22.6 Å². The van der Waals surface area contributed by atoms with Crippen LogP contribution in [0.3, 0.4) is 0 Å². The minimum Gasteiger partial charge on any atom is -0.399 e. The van der Waals surface area contributed by atoms with Gasteiger partial charge in [-0.1, -0.05) is 0 Å². The van der Waals surface area contributed by atoms with Gasteiger partial charge in [-0.15, -0.1) is 0 Å². The summed E-state index contributed by atoms with van der Waals surface area (Å²) in [4.78, 5) is 46.9. The Labute approximate surface area is 142 Å². The van der Waals surface area contributed by atoms with Crippen LogP contribution < -0.4 is 16.0 Å². The molecule has 128 valence electrons. The number of nitro benzene ring substituents is 1. The van der Waals surface area contributed by atoms with Crippen molar-refractivity contribution in [3.8, 4) is 0 Å². The SMILES string of the molecule is CC(=O)N(C(=O)C(=O)Nc1ccc([N+](=O)[O-])cc1)c1ccc(N)cc1. The van der Waals surface area contributed by atoms with Crippen LogP contribution in [0.2, 0.25) is 0 Å². The molecule has 3 amide bonds. The second kappa shape index (κ2) is 7.21. The summed E-state index contributed by atoms with van der Waals surface area (Å²) in [5.74, 6) is -2.79. The standard InChI is InChI=1S/C16H14N4O5/c1-10(21)19(13-6-2-11(17)3-7-13)16(23)15(22)18-12-4-8-14(9-5-12)20(24)25/h2-9H,17H2,1H3,(H,18,22). The van der Waals surface area contributed by atoms with Gasteiger partial charge >= 0.3 is 11.8 Å². The van der Waals surface area contributed by atoms with Crippen molar-refractivity contribution in [3.05, 3.63) is 58.6 Å². The lowest BCUT2D eigenvalue weighted by Gasteiger charge is -2.18. The Morgan fingerprint density at radius 1 is 1.04 bits per heavy atom. The average Bonchev–Trinajstić information content (AvgIpc) is 2.57. The van der Waals surface area contributed by atoms with E-state index in [1.165, 1.54) is 48.5 Å². The maximum absolute atomic E-state index is 12.3. The molecule has 0 saturated carbocycles. The fourth-order valence-electron chi connectivity index (χ4n) is 2.02. The molecule has 3 N–H and O–H groups in total. The first kappa shape index (κ1) is 17.6. The van der Waals surface area contributed by atoms with Gasteiger partial charge in [0.25, 0.3) is 5.69 Å². The number of rotatable bonds is 3. The largest absolute Gasteiger partial charge is 0.399 e. The molecular formula is C16H14N4O5. The van der Waals surface area contributed by atoms with Gasteiger partial charge in [-0.25, -0.2) is 4.90 Å². The maximum Gasteiger partial charge on any atom is 0.323 e. The van der Waals surface area contributed by atoms with Gasteiger partial charge in [-0.3, -0.25) is 24.5 Å². The number of nitrogens with one attached hydrogen (secondary N) is 1. The van der Waals surface area contributed by atoms with Crippen LogP contribution >= 0.6 is 0 Å². The minimum atomic E-state index is -1.09. The zero-order chi connectivity index (χ0) is 18.6. The number of non-ortho nitro benzene ring substituents is 1. The highest BCUT2D eigenvalue weighted by Crippen LogP contribution is 2.18. The lowest BCUT2D eigenvalue weighted by Crippen LogP contribution is -2.42. The van der Waals surface area contributed by atoms with Crippen LogP contribution in [0.25, 0.3) is 0 Å². The number of nitrogen functional groups attached to an aromatic ring is 1. The molecule has 0 radical (unpaired) electrons. The molecule has 2 rings (SSSR count). The summed E-state index contributed by atoms with van der Waals surface area (Å²) in [7, 11) is 0. The predicted molar refractivity (Wildman–Crippen MR) is 90.7 cm³/mol. The fraction of sp³-hybridized carbons (Fsp3) is 0.0625. The van der Waals surface area contributed by atoms with E-state index in [0.717, 1.165) is 6.92 Å². The van der Waals surface area contributed by atoms with Crippen LogP contribution in [0, 0.1) is 10.1 Å². The van der Waals surface area contributed by atoms with E-state index in [0.29, 0.717) is 10.6 Å². The normalized spacial score (nSPS) is 9.96. The van der Waals surface area contributed by atoms with E-state index in [2.05, 4.69) is 5.32 Å². The van der Waals surface area contributed by atoms with Crippen LogP contribution in [0.5, 0.6) is 0 Å². The smallest absolute Gasteiger partial charge is 0.323 e. The number of anilines is 3. The highest BCUT2D eigenvalue weighted by atomic mass is 16.6. The highest BCUT2D eigenvalue weighted by Gasteiger charge is 2.27. The fourth-order valence-corrected chi connectivity index (χ4v) is 2.02. The molecule has 0 aromatic heterocycles. The van der Waals surface area contributed by atoms with Crippen LogP contribution in [-0.2, 0) is 14.4 Å². The summed E-state index contributed by atoms with van der Waals surface area (Å²) in [5.41, 5.74) is 6.23. The maximum atomic E-state index is 12.3. The third-order valence-electron chi connectivity index (χ3n) is 3.20. The third-order valence-corrected chi connectivity index (χ3v) is 3.20.